The number of hydrogen-bond donors (Lipinski definition) is 0. The minimum absolute atomic E-state index is 0.0889. The predicted octanol–water partition coefficient (Wildman–Crippen LogP) is 11.1. The molecule has 13 nitrogen and oxygen atoms in total. The molecule has 3 radical (unpaired) electrons. The van der Waals surface area contributed by atoms with Crippen LogP contribution >= 0.6 is 0 Å². The van der Waals surface area contributed by atoms with Crippen LogP contribution in [0.4, 0.5) is 79.0 Å². The van der Waals surface area contributed by atoms with Crippen molar-refractivity contribution in [1.82, 2.24) is 0 Å². The Hall–Kier alpha value is -3.30. The van der Waals surface area contributed by atoms with Crippen molar-refractivity contribution in [1.29, 1.82) is 0 Å². The van der Waals surface area contributed by atoms with Crippen molar-refractivity contribution in [3.63, 3.8) is 0 Å². The van der Waals surface area contributed by atoms with Gasteiger partial charge in [-0.05, 0) is 6.42 Å². The van der Waals surface area contributed by atoms with E-state index in [1.807, 2.05) is 0 Å². The van der Waals surface area contributed by atoms with E-state index in [4.69, 9.17) is 33.2 Å². The number of halogens is 18. The van der Waals surface area contributed by atoms with E-state index in [2.05, 4.69) is 15.4 Å². The van der Waals surface area contributed by atoms with Crippen molar-refractivity contribution in [3.8, 4) is 17.2 Å². The minimum atomic E-state index is -5.15. The van der Waals surface area contributed by atoms with E-state index in [0.29, 0.717) is 82.1 Å². The molecular formula is C48H48Bi3F18O13. The van der Waals surface area contributed by atoms with Crippen LogP contribution in [0.2, 0.25) is 0 Å². The fraction of sp³-hybridized carbons (Fsp3) is 0.562. The summed E-state index contributed by atoms with van der Waals surface area (Å²) in [6.07, 6.45) is -27.7. The van der Waals surface area contributed by atoms with Gasteiger partial charge in [0.1, 0.15) is 0 Å². The molecular weight excluding hydrogens is 1750 g/mol. The Kier molecular flexibility index (Phi) is 25.5. The normalized spacial score (nSPS) is 16.6. The van der Waals surface area contributed by atoms with Gasteiger partial charge in [0.15, 0.2) is 0 Å². The van der Waals surface area contributed by atoms with E-state index < -0.39 is 140 Å². The van der Waals surface area contributed by atoms with Crippen LogP contribution in [-0.4, -0.2) is 166 Å². The van der Waals surface area contributed by atoms with Gasteiger partial charge in [-0.15, -0.1) is 0 Å². The van der Waals surface area contributed by atoms with Crippen molar-refractivity contribution in [2.45, 2.75) is 95.5 Å². The number of benzene rings is 3. The molecule has 0 amide bonds. The molecule has 3 heterocycles. The second-order valence-electron chi connectivity index (χ2n) is 18.4. The third kappa shape index (κ3) is 20.1. The van der Waals surface area contributed by atoms with Crippen molar-refractivity contribution in [2.75, 3.05) is 66.1 Å². The molecule has 0 spiro atoms. The summed E-state index contributed by atoms with van der Waals surface area (Å²) in [6.45, 7) is 5.77. The van der Waals surface area contributed by atoms with E-state index in [-0.39, 0.29) is 120 Å². The van der Waals surface area contributed by atoms with E-state index >= 15 is 0 Å². The number of carbonyl (C=O) groups is 3. The zero-order valence-corrected chi connectivity index (χ0v) is 54.1. The number of carbonyl (C=O) groups excluding carboxylic acids is 3. The SMILES string of the molecule is CCC1(COCCCCCCOc2c(C(F)(F)F)cc(C(=O)[O][BiH])cc2C(F)(F)F)COC1.CCC1(COc2c(C(F)(F)F)cc(C(=O)[O][BiH])cc2C(F)(F)F)COC1.O=C([O][BiH])c1cc(C(F)(F)F)c(OCC2CO2)c(C(F)(F)F)c1. The second kappa shape index (κ2) is 29.4. The predicted molar refractivity (Wildman–Crippen MR) is 250 cm³/mol. The van der Waals surface area contributed by atoms with Gasteiger partial charge in [0.05, 0.1) is 19.8 Å². The van der Waals surface area contributed by atoms with Crippen LogP contribution in [0, 0.1) is 10.8 Å². The van der Waals surface area contributed by atoms with Crippen molar-refractivity contribution >= 4 is 93.4 Å². The fourth-order valence-corrected chi connectivity index (χ4v) is 8.77. The standard InChI is InChI=1S/C21H26F6O5.C15H14F6O4.C12H8F6O4.3Bi.3H/c1-2-19(12-31-13-19)11-30-7-5-3-4-6-8-32-17-15(20(22,23)24)9-14(18(28)29)10-16(17)21(25,26)27;1-2-13(5-24-6-13)7-25-11-9(14(16,17)18)3-8(12(22)23)4-10(11)15(19,20)21;13-11(14,15)7-1-5(10(19)20)2-8(12(16,17)18)9(7)22-4-6-3-21-6;;;;;;/h9-10H,2-8,11-13H2,1H3,(H,28,29);3-4H,2,5-7H2,1H3,(H,22,23);1-2,6H,3-4H2,(H,19,20);;;;;;/q;;;3*+1;;;/p-3. The monoisotopic (exact) mass is 1800 g/mol. The summed E-state index contributed by atoms with van der Waals surface area (Å²) in [5.41, 5.74) is -13.0. The van der Waals surface area contributed by atoms with Crippen molar-refractivity contribution < 1.29 is 135 Å². The Balaban J connectivity index is 0.000000269. The van der Waals surface area contributed by atoms with Gasteiger partial charge in [-0.25, -0.2) is 0 Å². The van der Waals surface area contributed by atoms with Gasteiger partial charge < -0.3 is 9.47 Å². The van der Waals surface area contributed by atoms with Gasteiger partial charge in [0.25, 0.3) is 0 Å². The van der Waals surface area contributed by atoms with Gasteiger partial charge in [-0.3, -0.25) is 0 Å². The molecule has 459 valence electrons. The summed E-state index contributed by atoms with van der Waals surface area (Å²) >= 11 is -0.520. The molecule has 3 saturated heterocycles. The third-order valence-electron chi connectivity index (χ3n) is 12.4. The first-order valence-corrected chi connectivity index (χ1v) is 28.5. The van der Waals surface area contributed by atoms with Crippen LogP contribution in [-0.2, 0) is 64.4 Å². The maximum atomic E-state index is 13.4. The van der Waals surface area contributed by atoms with Gasteiger partial charge in [0, 0.05) is 12.0 Å². The summed E-state index contributed by atoms with van der Waals surface area (Å²) in [5.74, 6) is -7.79. The van der Waals surface area contributed by atoms with Crippen molar-refractivity contribution in [3.05, 3.63) is 86.5 Å². The molecule has 0 aromatic heterocycles. The number of epoxide rings is 1. The molecule has 3 fully saturated rings. The Bertz CT molecular complexity index is 2530. The molecule has 0 bridgehead atoms. The van der Waals surface area contributed by atoms with Crippen LogP contribution in [0.1, 0.15) is 117 Å². The molecule has 6 rings (SSSR count). The molecule has 1 atom stereocenters. The summed E-state index contributed by atoms with van der Waals surface area (Å²) in [4.78, 5) is 34.5. The summed E-state index contributed by atoms with van der Waals surface area (Å²) in [5, 5.41) is 0. The molecule has 3 aromatic carbocycles. The first-order valence-electron chi connectivity index (χ1n) is 23.7. The fourth-order valence-electron chi connectivity index (χ4n) is 7.40. The van der Waals surface area contributed by atoms with Crippen LogP contribution in [0.25, 0.3) is 0 Å². The van der Waals surface area contributed by atoms with E-state index in [1.165, 1.54) is 0 Å². The van der Waals surface area contributed by atoms with Crippen LogP contribution < -0.4 is 14.2 Å². The van der Waals surface area contributed by atoms with Gasteiger partial charge in [-0.2, -0.15) is 0 Å². The Morgan fingerprint density at radius 1 is 0.463 bits per heavy atom. The number of ether oxygens (including phenoxy) is 7. The average Bonchev–Trinajstić information content (AvgIpc) is 4.16. The molecule has 3 aromatic rings. The quantitative estimate of drug-likeness (QED) is 0.0328. The molecule has 0 saturated carbocycles. The number of alkyl halides is 18. The van der Waals surface area contributed by atoms with Crippen LogP contribution in [0.15, 0.2) is 36.4 Å². The second-order valence-corrected chi connectivity index (χ2v) is 20.8. The number of hydrogen-bond acceptors (Lipinski definition) is 13. The topological polar surface area (TPSA) is 147 Å². The van der Waals surface area contributed by atoms with Gasteiger partial charge in [0.2, 0.25) is 0 Å². The molecule has 34 heteroatoms. The molecule has 1 unspecified atom stereocenters. The summed E-state index contributed by atoms with van der Waals surface area (Å²) < 4.78 is 288. The molecule has 0 N–H and O–H groups in total. The Labute approximate surface area is 501 Å². The number of unbranched alkanes of at least 4 members (excludes halogenated alkanes) is 3. The Morgan fingerprint density at radius 3 is 1.02 bits per heavy atom. The van der Waals surface area contributed by atoms with Crippen LogP contribution in [0.3, 0.4) is 0 Å². The summed E-state index contributed by atoms with van der Waals surface area (Å²) in [6, 6.07) is 1.88. The maximum absolute atomic E-state index is 13.4. The molecule has 82 heavy (non-hydrogen) atoms. The zero-order chi connectivity index (χ0) is 61.9. The first kappa shape index (κ1) is 71.2. The zero-order valence-electron chi connectivity index (χ0n) is 42.5. The summed E-state index contributed by atoms with van der Waals surface area (Å²) in [7, 11) is 0. The molecule has 0 aliphatic carbocycles. The third-order valence-corrected chi connectivity index (χ3v) is 14.6. The van der Waals surface area contributed by atoms with Gasteiger partial charge >= 0.3 is 450 Å². The molecule has 3 aliphatic heterocycles. The van der Waals surface area contributed by atoms with E-state index in [9.17, 15) is 93.4 Å². The average molecular weight is 1800 g/mol. The molecule has 3 aliphatic rings. The van der Waals surface area contributed by atoms with Gasteiger partial charge in [-0.1, -0.05) is 6.92 Å². The van der Waals surface area contributed by atoms with E-state index in [1.54, 1.807) is 6.92 Å². The number of rotatable bonds is 21. The van der Waals surface area contributed by atoms with Crippen molar-refractivity contribution in [2.24, 2.45) is 10.8 Å². The Morgan fingerprint density at radius 2 is 0.756 bits per heavy atom. The van der Waals surface area contributed by atoms with E-state index in [0.717, 1.165) is 12.8 Å². The van der Waals surface area contributed by atoms with Crippen LogP contribution in [0.5, 0.6) is 17.2 Å². The first-order chi connectivity index (χ1) is 37.9.